The first kappa shape index (κ1) is 15.0. The van der Waals surface area contributed by atoms with Gasteiger partial charge in [0.15, 0.2) is 0 Å². The number of carbonyl (C=O) groups is 1. The van der Waals surface area contributed by atoms with E-state index in [1.54, 1.807) is 29.3 Å². The normalized spacial score (nSPS) is 10.4. The van der Waals surface area contributed by atoms with Crippen LogP contribution < -0.4 is 5.32 Å². The van der Waals surface area contributed by atoms with Crippen molar-refractivity contribution >= 4 is 29.0 Å². The second kappa shape index (κ2) is 8.01. The molecular weight excluding hydrogens is 290 g/mol. The molecular formula is C14H17N3OS2. The van der Waals surface area contributed by atoms with Gasteiger partial charge in [0, 0.05) is 36.0 Å². The maximum absolute atomic E-state index is 11.7. The lowest BCUT2D eigenvalue weighted by atomic mass is 10.2. The third-order valence-corrected chi connectivity index (χ3v) is 4.28. The minimum absolute atomic E-state index is 0.00302. The van der Waals surface area contributed by atoms with Crippen molar-refractivity contribution in [1.29, 1.82) is 0 Å². The van der Waals surface area contributed by atoms with E-state index in [1.165, 1.54) is 0 Å². The summed E-state index contributed by atoms with van der Waals surface area (Å²) in [6, 6.07) is 5.59. The lowest BCUT2D eigenvalue weighted by Gasteiger charge is -2.03. The Morgan fingerprint density at radius 2 is 2.30 bits per heavy atom. The molecule has 0 aliphatic carbocycles. The summed E-state index contributed by atoms with van der Waals surface area (Å²) in [6.45, 7) is 0.619. The molecule has 0 spiro atoms. The summed E-state index contributed by atoms with van der Waals surface area (Å²) in [5.41, 5.74) is 1.85. The van der Waals surface area contributed by atoms with Crippen molar-refractivity contribution in [3.05, 3.63) is 46.2 Å². The van der Waals surface area contributed by atoms with Crippen molar-refractivity contribution in [1.82, 2.24) is 15.3 Å². The number of rotatable bonds is 7. The molecule has 0 saturated heterocycles. The number of nitrogens with zero attached hydrogens (tertiary/aromatic N) is 2. The molecule has 2 aromatic heterocycles. The summed E-state index contributed by atoms with van der Waals surface area (Å²) in [6.07, 6.45) is 4.87. The van der Waals surface area contributed by atoms with Crippen LogP contribution in [0.15, 0.2) is 29.8 Å². The molecule has 2 aromatic rings. The maximum atomic E-state index is 11.7. The molecule has 0 aliphatic heterocycles. The highest BCUT2D eigenvalue weighted by Crippen LogP contribution is 2.15. The summed E-state index contributed by atoms with van der Waals surface area (Å²) in [7, 11) is 0. The van der Waals surface area contributed by atoms with E-state index in [0.29, 0.717) is 13.0 Å². The van der Waals surface area contributed by atoms with Crippen LogP contribution >= 0.6 is 23.1 Å². The van der Waals surface area contributed by atoms with Gasteiger partial charge < -0.3 is 5.32 Å². The highest BCUT2D eigenvalue weighted by atomic mass is 32.2. The van der Waals surface area contributed by atoms with Crippen molar-refractivity contribution in [2.24, 2.45) is 0 Å². The minimum Gasteiger partial charge on any atom is -0.355 e. The summed E-state index contributed by atoms with van der Waals surface area (Å²) in [5, 5.41) is 6.11. The number of pyridine rings is 1. The van der Waals surface area contributed by atoms with Crippen LogP contribution in [0.3, 0.4) is 0 Å². The average Bonchev–Trinajstić information content (AvgIpc) is 2.88. The third kappa shape index (κ3) is 4.94. The van der Waals surface area contributed by atoms with E-state index in [2.05, 4.69) is 26.9 Å². The number of carbonyl (C=O) groups excluding carboxylic acids is 1. The number of thiazole rings is 1. The molecule has 0 aliphatic rings. The largest absolute Gasteiger partial charge is 0.355 e. The van der Waals surface area contributed by atoms with Crippen LogP contribution in [0.1, 0.15) is 16.4 Å². The summed E-state index contributed by atoms with van der Waals surface area (Å²) in [5.74, 6) is 0.958. The van der Waals surface area contributed by atoms with Gasteiger partial charge in [0.25, 0.3) is 0 Å². The summed E-state index contributed by atoms with van der Waals surface area (Å²) < 4.78 is 0. The van der Waals surface area contributed by atoms with E-state index in [-0.39, 0.29) is 5.91 Å². The van der Waals surface area contributed by atoms with Gasteiger partial charge in [0.05, 0.1) is 12.1 Å². The van der Waals surface area contributed by atoms with E-state index < -0.39 is 0 Å². The molecule has 2 heterocycles. The van der Waals surface area contributed by atoms with Crippen molar-refractivity contribution in [2.45, 2.75) is 18.6 Å². The van der Waals surface area contributed by atoms with Crippen LogP contribution in [0.4, 0.5) is 0 Å². The SMILES string of the molecule is CSCc1nc(CCNC(=O)Cc2ccccn2)cs1. The predicted molar refractivity (Wildman–Crippen MR) is 84.0 cm³/mol. The molecule has 0 saturated carbocycles. The third-order valence-electron chi connectivity index (χ3n) is 2.64. The van der Waals surface area contributed by atoms with Gasteiger partial charge in [-0.2, -0.15) is 11.8 Å². The van der Waals surface area contributed by atoms with E-state index in [1.807, 2.05) is 18.2 Å². The molecule has 20 heavy (non-hydrogen) atoms. The molecule has 0 bridgehead atoms. The molecule has 106 valence electrons. The Labute approximate surface area is 127 Å². The fourth-order valence-corrected chi connectivity index (χ4v) is 3.26. The number of aromatic nitrogens is 2. The van der Waals surface area contributed by atoms with E-state index >= 15 is 0 Å². The van der Waals surface area contributed by atoms with Crippen LogP contribution in [-0.4, -0.2) is 28.7 Å². The fourth-order valence-electron chi connectivity index (χ4n) is 1.71. The Morgan fingerprint density at radius 1 is 1.40 bits per heavy atom. The smallest absolute Gasteiger partial charge is 0.226 e. The van der Waals surface area contributed by atoms with Crippen molar-refractivity contribution in [3.8, 4) is 0 Å². The second-order valence-corrected chi connectivity index (χ2v) is 6.07. The van der Waals surface area contributed by atoms with Gasteiger partial charge in [-0.25, -0.2) is 4.98 Å². The highest BCUT2D eigenvalue weighted by Gasteiger charge is 2.05. The molecule has 1 amide bonds. The van der Waals surface area contributed by atoms with Crippen molar-refractivity contribution < 1.29 is 4.79 Å². The molecule has 0 atom stereocenters. The van der Waals surface area contributed by atoms with Gasteiger partial charge in [-0.05, 0) is 18.4 Å². The van der Waals surface area contributed by atoms with Gasteiger partial charge in [-0.15, -0.1) is 11.3 Å². The molecule has 1 N–H and O–H groups in total. The molecule has 6 heteroatoms. The van der Waals surface area contributed by atoms with E-state index in [9.17, 15) is 4.79 Å². The Hall–Kier alpha value is -1.40. The number of nitrogens with one attached hydrogen (secondary N) is 1. The van der Waals surface area contributed by atoms with Crippen LogP contribution in [0.2, 0.25) is 0 Å². The number of hydrogen-bond donors (Lipinski definition) is 1. The Kier molecular flexibility index (Phi) is 6.01. The van der Waals surface area contributed by atoms with E-state index in [0.717, 1.165) is 28.6 Å². The zero-order valence-electron chi connectivity index (χ0n) is 11.3. The van der Waals surface area contributed by atoms with E-state index in [4.69, 9.17) is 0 Å². The second-order valence-electron chi connectivity index (χ2n) is 4.26. The molecule has 4 nitrogen and oxygen atoms in total. The van der Waals surface area contributed by atoms with Gasteiger partial charge in [-0.3, -0.25) is 9.78 Å². The topological polar surface area (TPSA) is 54.9 Å². The molecule has 0 fully saturated rings. The minimum atomic E-state index is 0.00302. The van der Waals surface area contributed by atoms with Crippen molar-refractivity contribution in [3.63, 3.8) is 0 Å². The number of amides is 1. The molecule has 2 rings (SSSR count). The Balaban J connectivity index is 1.71. The fraction of sp³-hybridized carbons (Fsp3) is 0.357. The summed E-state index contributed by atoms with van der Waals surface area (Å²) in [4.78, 5) is 20.4. The number of thioether (sulfide) groups is 1. The van der Waals surface area contributed by atoms with Crippen molar-refractivity contribution in [2.75, 3.05) is 12.8 Å². The van der Waals surface area contributed by atoms with Gasteiger partial charge in [0.1, 0.15) is 5.01 Å². The van der Waals surface area contributed by atoms with Crippen LogP contribution in [0, 0.1) is 0 Å². The highest BCUT2D eigenvalue weighted by molar-refractivity contribution is 7.97. The van der Waals surface area contributed by atoms with Crippen LogP contribution in [-0.2, 0) is 23.4 Å². The van der Waals surface area contributed by atoms with Crippen LogP contribution in [0.5, 0.6) is 0 Å². The molecule has 0 aromatic carbocycles. The molecule has 0 radical (unpaired) electrons. The lowest BCUT2D eigenvalue weighted by Crippen LogP contribution is -2.27. The van der Waals surface area contributed by atoms with Gasteiger partial charge in [-0.1, -0.05) is 6.07 Å². The Morgan fingerprint density at radius 3 is 3.05 bits per heavy atom. The first-order valence-corrected chi connectivity index (χ1v) is 8.64. The van der Waals surface area contributed by atoms with Crippen LogP contribution in [0.25, 0.3) is 0 Å². The monoisotopic (exact) mass is 307 g/mol. The first-order valence-electron chi connectivity index (χ1n) is 6.37. The zero-order chi connectivity index (χ0) is 14.2. The first-order chi connectivity index (χ1) is 9.78. The van der Waals surface area contributed by atoms with Gasteiger partial charge >= 0.3 is 0 Å². The predicted octanol–water partition coefficient (Wildman–Crippen LogP) is 2.30. The lowest BCUT2D eigenvalue weighted by molar-refractivity contribution is -0.120. The maximum Gasteiger partial charge on any atom is 0.226 e. The van der Waals surface area contributed by atoms with Gasteiger partial charge in [0.2, 0.25) is 5.91 Å². The average molecular weight is 307 g/mol. The quantitative estimate of drug-likeness (QED) is 0.853. The molecule has 0 unspecified atom stereocenters. The standard InChI is InChI=1S/C14H17N3OS2/c1-19-10-14-17-12(9-20-14)5-7-16-13(18)8-11-4-2-3-6-15-11/h2-4,6,9H,5,7-8,10H2,1H3,(H,16,18). The summed E-state index contributed by atoms with van der Waals surface area (Å²) >= 11 is 3.45. The zero-order valence-corrected chi connectivity index (χ0v) is 13.0. The number of hydrogen-bond acceptors (Lipinski definition) is 5. The Bertz CT molecular complexity index is 542.